The molecule has 3 heteroatoms. The molecule has 1 heterocycles. The van der Waals surface area contributed by atoms with Crippen LogP contribution >= 0.6 is 0 Å². The van der Waals surface area contributed by atoms with Crippen LogP contribution in [-0.2, 0) is 11.2 Å². The van der Waals surface area contributed by atoms with E-state index < -0.39 is 0 Å². The van der Waals surface area contributed by atoms with Gasteiger partial charge in [0.05, 0.1) is 0 Å². The first-order chi connectivity index (χ1) is 10.2. The standard InChI is InChI=1S/C18H24N2O/c1-13-5-4-6-15(11-13)20-18(21)10-9-14-12-19-17-8-3-2-7-16(14)17/h2-3,7-8,12-13,15,19H,4-6,9-11H2,1H3,(H,20,21). The summed E-state index contributed by atoms with van der Waals surface area (Å²) in [5.41, 5.74) is 2.38. The Morgan fingerprint density at radius 3 is 3.05 bits per heavy atom. The maximum atomic E-state index is 12.1. The molecule has 3 nitrogen and oxygen atoms in total. The molecule has 2 unspecified atom stereocenters. The number of amides is 1. The van der Waals surface area contributed by atoms with Gasteiger partial charge >= 0.3 is 0 Å². The monoisotopic (exact) mass is 284 g/mol. The first kappa shape index (κ1) is 14.2. The minimum atomic E-state index is 0.194. The number of aryl methyl sites for hydroxylation is 1. The number of hydrogen-bond acceptors (Lipinski definition) is 1. The molecule has 112 valence electrons. The van der Waals surface area contributed by atoms with Crippen molar-refractivity contribution >= 4 is 16.8 Å². The van der Waals surface area contributed by atoms with E-state index in [9.17, 15) is 4.79 Å². The predicted molar refractivity (Wildman–Crippen MR) is 86.2 cm³/mol. The van der Waals surface area contributed by atoms with Crippen molar-refractivity contribution in [2.24, 2.45) is 5.92 Å². The smallest absolute Gasteiger partial charge is 0.220 e. The van der Waals surface area contributed by atoms with E-state index in [2.05, 4.69) is 29.4 Å². The maximum Gasteiger partial charge on any atom is 0.220 e. The zero-order chi connectivity index (χ0) is 14.7. The molecule has 0 saturated heterocycles. The summed E-state index contributed by atoms with van der Waals surface area (Å²) in [5, 5.41) is 4.44. The highest BCUT2D eigenvalue weighted by atomic mass is 16.1. The molecule has 2 aromatic rings. The topological polar surface area (TPSA) is 44.9 Å². The number of aromatic amines is 1. The molecule has 1 aliphatic rings. The normalized spacial score (nSPS) is 22.3. The van der Waals surface area contributed by atoms with Gasteiger partial charge in [-0.05, 0) is 36.8 Å². The summed E-state index contributed by atoms with van der Waals surface area (Å²) >= 11 is 0. The van der Waals surface area contributed by atoms with Gasteiger partial charge in [-0.15, -0.1) is 0 Å². The van der Waals surface area contributed by atoms with E-state index in [0.717, 1.165) is 30.7 Å². The Balaban J connectivity index is 1.54. The van der Waals surface area contributed by atoms with E-state index in [4.69, 9.17) is 0 Å². The third-order valence-electron chi connectivity index (χ3n) is 4.60. The van der Waals surface area contributed by atoms with E-state index in [-0.39, 0.29) is 5.91 Å². The number of nitrogens with one attached hydrogen (secondary N) is 2. The number of fused-ring (bicyclic) bond motifs is 1. The third-order valence-corrected chi connectivity index (χ3v) is 4.60. The van der Waals surface area contributed by atoms with Crippen LogP contribution in [0.25, 0.3) is 10.9 Å². The molecule has 2 atom stereocenters. The van der Waals surface area contributed by atoms with Crippen LogP contribution in [0.2, 0.25) is 0 Å². The van der Waals surface area contributed by atoms with Crippen LogP contribution in [0.15, 0.2) is 30.5 Å². The van der Waals surface area contributed by atoms with Crippen LogP contribution in [0.1, 0.15) is 44.6 Å². The minimum absolute atomic E-state index is 0.194. The van der Waals surface area contributed by atoms with Gasteiger partial charge in [-0.3, -0.25) is 4.79 Å². The fourth-order valence-electron chi connectivity index (χ4n) is 3.45. The summed E-state index contributed by atoms with van der Waals surface area (Å²) in [6.07, 6.45) is 8.24. The van der Waals surface area contributed by atoms with Crippen LogP contribution in [0.4, 0.5) is 0 Å². The first-order valence-corrected chi connectivity index (χ1v) is 8.06. The van der Waals surface area contributed by atoms with Crippen molar-refractivity contribution < 1.29 is 4.79 Å². The molecule has 1 aliphatic carbocycles. The van der Waals surface area contributed by atoms with Crippen molar-refractivity contribution in [2.75, 3.05) is 0 Å². The number of rotatable bonds is 4. The van der Waals surface area contributed by atoms with E-state index in [1.165, 1.54) is 23.8 Å². The van der Waals surface area contributed by atoms with Gasteiger partial charge in [0, 0.05) is 29.6 Å². The molecular formula is C18H24N2O. The fraction of sp³-hybridized carbons (Fsp3) is 0.500. The Morgan fingerprint density at radius 2 is 2.19 bits per heavy atom. The molecule has 0 radical (unpaired) electrons. The number of hydrogen-bond donors (Lipinski definition) is 2. The van der Waals surface area contributed by atoms with Crippen molar-refractivity contribution in [1.82, 2.24) is 10.3 Å². The molecule has 1 aromatic heterocycles. The van der Waals surface area contributed by atoms with Gasteiger partial charge in [-0.1, -0.05) is 38.0 Å². The molecule has 0 bridgehead atoms. The summed E-state index contributed by atoms with van der Waals surface area (Å²) in [7, 11) is 0. The predicted octanol–water partition coefficient (Wildman–Crippen LogP) is 3.80. The van der Waals surface area contributed by atoms with Crippen LogP contribution in [0.5, 0.6) is 0 Å². The van der Waals surface area contributed by atoms with Gasteiger partial charge in [0.25, 0.3) is 0 Å². The highest BCUT2D eigenvalue weighted by molar-refractivity contribution is 5.84. The average Bonchev–Trinajstić information content (AvgIpc) is 2.88. The summed E-state index contributed by atoms with van der Waals surface area (Å²) in [5.74, 6) is 0.942. The Bertz CT molecular complexity index is 616. The summed E-state index contributed by atoms with van der Waals surface area (Å²) in [4.78, 5) is 15.4. The number of carbonyl (C=O) groups excluding carboxylic acids is 1. The lowest BCUT2D eigenvalue weighted by atomic mass is 9.87. The number of aromatic nitrogens is 1. The highest BCUT2D eigenvalue weighted by Gasteiger charge is 2.20. The minimum Gasteiger partial charge on any atom is -0.361 e. The Labute approximate surface area is 126 Å². The van der Waals surface area contributed by atoms with Crippen molar-refractivity contribution in [3.63, 3.8) is 0 Å². The van der Waals surface area contributed by atoms with Gasteiger partial charge in [-0.25, -0.2) is 0 Å². The Kier molecular flexibility index (Phi) is 4.28. The van der Waals surface area contributed by atoms with Gasteiger partial charge in [0.15, 0.2) is 0 Å². The van der Waals surface area contributed by atoms with Crippen molar-refractivity contribution in [2.45, 2.75) is 51.5 Å². The molecule has 1 saturated carbocycles. The zero-order valence-electron chi connectivity index (χ0n) is 12.7. The van der Waals surface area contributed by atoms with Gasteiger partial charge in [0.2, 0.25) is 5.91 Å². The van der Waals surface area contributed by atoms with E-state index >= 15 is 0 Å². The van der Waals surface area contributed by atoms with Crippen LogP contribution in [0.3, 0.4) is 0 Å². The van der Waals surface area contributed by atoms with Gasteiger partial charge in [0.1, 0.15) is 0 Å². The number of benzene rings is 1. The van der Waals surface area contributed by atoms with Crippen LogP contribution in [0, 0.1) is 5.92 Å². The molecule has 0 spiro atoms. The molecule has 0 aliphatic heterocycles. The molecule has 1 aromatic carbocycles. The maximum absolute atomic E-state index is 12.1. The highest BCUT2D eigenvalue weighted by Crippen LogP contribution is 2.24. The van der Waals surface area contributed by atoms with E-state index in [1.807, 2.05) is 18.3 Å². The Hall–Kier alpha value is -1.77. The first-order valence-electron chi connectivity index (χ1n) is 8.06. The largest absolute Gasteiger partial charge is 0.361 e. The molecular weight excluding hydrogens is 260 g/mol. The van der Waals surface area contributed by atoms with Gasteiger partial charge in [-0.2, -0.15) is 0 Å². The van der Waals surface area contributed by atoms with Crippen molar-refractivity contribution in [1.29, 1.82) is 0 Å². The lowest BCUT2D eigenvalue weighted by molar-refractivity contribution is -0.122. The fourth-order valence-corrected chi connectivity index (χ4v) is 3.45. The zero-order valence-corrected chi connectivity index (χ0v) is 12.7. The lowest BCUT2D eigenvalue weighted by Gasteiger charge is -2.27. The molecule has 1 amide bonds. The second kappa shape index (κ2) is 6.33. The summed E-state index contributed by atoms with van der Waals surface area (Å²) in [6.45, 7) is 2.28. The molecule has 21 heavy (non-hydrogen) atoms. The second-order valence-electron chi connectivity index (χ2n) is 6.40. The second-order valence-corrected chi connectivity index (χ2v) is 6.40. The number of para-hydroxylation sites is 1. The van der Waals surface area contributed by atoms with Crippen LogP contribution in [-0.4, -0.2) is 16.9 Å². The summed E-state index contributed by atoms with van der Waals surface area (Å²) < 4.78 is 0. The molecule has 3 rings (SSSR count). The SMILES string of the molecule is CC1CCCC(NC(=O)CCc2c[nH]c3ccccc23)C1. The number of carbonyl (C=O) groups is 1. The van der Waals surface area contributed by atoms with Crippen molar-refractivity contribution in [3.05, 3.63) is 36.0 Å². The lowest BCUT2D eigenvalue weighted by Crippen LogP contribution is -2.38. The Morgan fingerprint density at radius 1 is 1.33 bits per heavy atom. The van der Waals surface area contributed by atoms with Crippen molar-refractivity contribution in [3.8, 4) is 0 Å². The summed E-state index contributed by atoms with van der Waals surface area (Å²) in [6, 6.07) is 8.65. The van der Waals surface area contributed by atoms with E-state index in [0.29, 0.717) is 12.5 Å². The van der Waals surface area contributed by atoms with Crippen LogP contribution < -0.4 is 5.32 Å². The quantitative estimate of drug-likeness (QED) is 0.881. The third kappa shape index (κ3) is 3.46. The number of H-pyrrole nitrogens is 1. The average molecular weight is 284 g/mol. The molecule has 2 N–H and O–H groups in total. The van der Waals surface area contributed by atoms with Gasteiger partial charge < -0.3 is 10.3 Å². The van der Waals surface area contributed by atoms with E-state index in [1.54, 1.807) is 0 Å². The molecule has 1 fully saturated rings.